The number of allylic oxidation sites excluding steroid dienone is 3. The standard InChI is InChI=1S/C19H24ClNO5/c1-21-6-5-17-9-12(22)15(25-3)16(26-4)19(17,21)10-13(20)18(17)8-11(24-2)7-14(18)23/h7,13H,5-6,8-10H2,1-4H3/t13-,17+,18-,19-/m0/s1. The number of halogens is 1. The summed E-state index contributed by atoms with van der Waals surface area (Å²) in [6.45, 7) is 0.762. The van der Waals surface area contributed by atoms with E-state index in [0.29, 0.717) is 30.8 Å². The van der Waals surface area contributed by atoms with Gasteiger partial charge in [-0.2, -0.15) is 0 Å². The zero-order valence-corrected chi connectivity index (χ0v) is 16.3. The van der Waals surface area contributed by atoms with E-state index in [-0.39, 0.29) is 23.7 Å². The number of carbonyl (C=O) groups excluding carboxylic acids is 2. The number of likely N-dealkylation sites (N-methyl/N-ethyl adjacent to an activating group) is 1. The number of hydrogen-bond acceptors (Lipinski definition) is 6. The monoisotopic (exact) mass is 381 g/mol. The second-order valence-electron chi connectivity index (χ2n) is 7.78. The van der Waals surface area contributed by atoms with Crippen LogP contribution in [0, 0.1) is 10.8 Å². The Hall–Kier alpha value is -1.53. The highest BCUT2D eigenvalue weighted by molar-refractivity contribution is 6.25. The molecule has 1 saturated heterocycles. The summed E-state index contributed by atoms with van der Waals surface area (Å²) in [6, 6.07) is 0. The predicted molar refractivity (Wildman–Crippen MR) is 94.5 cm³/mol. The molecule has 6 nitrogen and oxygen atoms in total. The van der Waals surface area contributed by atoms with E-state index in [2.05, 4.69) is 4.90 Å². The van der Waals surface area contributed by atoms with Crippen LogP contribution in [0.15, 0.2) is 23.4 Å². The molecule has 0 aromatic rings. The van der Waals surface area contributed by atoms with Crippen LogP contribution in [0.2, 0.25) is 0 Å². The summed E-state index contributed by atoms with van der Waals surface area (Å²) in [5.74, 6) is 1.24. The molecule has 1 saturated carbocycles. The van der Waals surface area contributed by atoms with Crippen molar-refractivity contribution in [3.63, 3.8) is 0 Å². The molecule has 3 aliphatic carbocycles. The second kappa shape index (κ2) is 5.49. The number of likely N-dealkylation sites (tertiary alicyclic amines) is 1. The van der Waals surface area contributed by atoms with E-state index in [1.54, 1.807) is 20.3 Å². The fraction of sp³-hybridized carbons (Fsp3) is 0.684. The molecular weight excluding hydrogens is 358 g/mol. The maximum Gasteiger partial charge on any atom is 0.201 e. The van der Waals surface area contributed by atoms with Crippen LogP contribution in [0.4, 0.5) is 0 Å². The lowest BCUT2D eigenvalue weighted by Crippen LogP contribution is -2.60. The summed E-state index contributed by atoms with van der Waals surface area (Å²) in [5.41, 5.74) is -2.11. The second-order valence-corrected chi connectivity index (χ2v) is 8.31. The van der Waals surface area contributed by atoms with Crippen molar-refractivity contribution in [1.82, 2.24) is 4.90 Å². The van der Waals surface area contributed by atoms with Gasteiger partial charge < -0.3 is 14.2 Å². The Kier molecular flexibility index (Phi) is 3.77. The maximum absolute atomic E-state index is 13.3. The number of Topliss-reactive ketones (excluding diaryl/α,β-unsaturated/α-hetero) is 1. The molecule has 0 bridgehead atoms. The van der Waals surface area contributed by atoms with Crippen molar-refractivity contribution in [3.05, 3.63) is 23.4 Å². The van der Waals surface area contributed by atoms with E-state index < -0.39 is 21.7 Å². The zero-order chi connectivity index (χ0) is 18.9. The first-order chi connectivity index (χ1) is 12.3. The highest BCUT2D eigenvalue weighted by atomic mass is 35.5. The molecule has 0 aromatic heterocycles. The van der Waals surface area contributed by atoms with Gasteiger partial charge in [-0.25, -0.2) is 0 Å². The molecule has 4 aliphatic rings. The number of methoxy groups -OCH3 is 3. The van der Waals surface area contributed by atoms with Gasteiger partial charge in [0, 0.05) is 29.7 Å². The van der Waals surface area contributed by atoms with Crippen LogP contribution >= 0.6 is 11.6 Å². The van der Waals surface area contributed by atoms with E-state index in [1.807, 2.05) is 7.05 Å². The van der Waals surface area contributed by atoms with Gasteiger partial charge in [0.1, 0.15) is 5.76 Å². The van der Waals surface area contributed by atoms with E-state index in [0.717, 1.165) is 6.54 Å². The third kappa shape index (κ3) is 1.64. The van der Waals surface area contributed by atoms with E-state index >= 15 is 0 Å². The van der Waals surface area contributed by atoms with E-state index in [1.165, 1.54) is 7.11 Å². The first kappa shape index (κ1) is 17.9. The van der Waals surface area contributed by atoms with Gasteiger partial charge >= 0.3 is 0 Å². The van der Waals surface area contributed by atoms with Gasteiger partial charge in [-0.05, 0) is 26.4 Å². The molecular formula is C19H24ClNO5. The molecule has 0 radical (unpaired) electrons. The summed E-state index contributed by atoms with van der Waals surface area (Å²) in [5, 5.41) is -0.421. The van der Waals surface area contributed by atoms with Crippen molar-refractivity contribution in [3.8, 4) is 0 Å². The Balaban J connectivity index is 2.00. The summed E-state index contributed by atoms with van der Waals surface area (Å²) >= 11 is 6.92. The van der Waals surface area contributed by atoms with Crippen LogP contribution in [0.3, 0.4) is 0 Å². The molecule has 1 spiro atoms. The van der Waals surface area contributed by atoms with Crippen LogP contribution in [0.5, 0.6) is 0 Å². The van der Waals surface area contributed by atoms with Crippen molar-refractivity contribution in [2.24, 2.45) is 10.8 Å². The van der Waals surface area contributed by atoms with Crippen molar-refractivity contribution in [1.29, 1.82) is 0 Å². The van der Waals surface area contributed by atoms with Gasteiger partial charge in [0.2, 0.25) is 11.5 Å². The van der Waals surface area contributed by atoms with Crippen LogP contribution < -0.4 is 0 Å². The molecule has 2 fully saturated rings. The molecule has 142 valence electrons. The first-order valence-corrected chi connectivity index (χ1v) is 9.28. The average Bonchev–Trinajstić information content (AvgIpc) is 3.18. The fourth-order valence-corrected chi connectivity index (χ4v) is 6.92. The van der Waals surface area contributed by atoms with Gasteiger partial charge in [0.15, 0.2) is 11.5 Å². The van der Waals surface area contributed by atoms with Crippen LogP contribution in [-0.4, -0.2) is 62.3 Å². The van der Waals surface area contributed by atoms with Gasteiger partial charge in [0.05, 0.1) is 32.3 Å². The first-order valence-electron chi connectivity index (χ1n) is 8.85. The van der Waals surface area contributed by atoms with Crippen LogP contribution in [0.25, 0.3) is 0 Å². The van der Waals surface area contributed by atoms with Gasteiger partial charge in [-0.3, -0.25) is 14.5 Å². The molecule has 7 heteroatoms. The molecule has 1 aliphatic heterocycles. The number of hydrogen-bond donors (Lipinski definition) is 0. The Morgan fingerprint density at radius 3 is 2.46 bits per heavy atom. The van der Waals surface area contributed by atoms with Crippen molar-refractivity contribution < 1.29 is 23.8 Å². The molecule has 0 aromatic carbocycles. The Morgan fingerprint density at radius 1 is 1.15 bits per heavy atom. The summed E-state index contributed by atoms with van der Waals surface area (Å²) < 4.78 is 16.6. The van der Waals surface area contributed by atoms with Crippen LogP contribution in [0.1, 0.15) is 25.7 Å². The number of nitrogens with zero attached hydrogens (tertiary/aromatic N) is 1. The molecule has 0 amide bonds. The average molecular weight is 382 g/mol. The Morgan fingerprint density at radius 2 is 1.88 bits per heavy atom. The Labute approximate surface area is 158 Å². The maximum atomic E-state index is 13.3. The highest BCUT2D eigenvalue weighted by Crippen LogP contribution is 2.74. The molecule has 0 N–H and O–H groups in total. The number of alkyl halides is 1. The van der Waals surface area contributed by atoms with Gasteiger partial charge in [-0.1, -0.05) is 0 Å². The number of ketones is 2. The minimum absolute atomic E-state index is 0.0318. The molecule has 4 atom stereocenters. The molecule has 26 heavy (non-hydrogen) atoms. The summed E-state index contributed by atoms with van der Waals surface area (Å²) in [7, 11) is 6.62. The molecule has 4 rings (SSSR count). The number of rotatable bonds is 3. The normalized spacial score (nSPS) is 42.2. The lowest BCUT2D eigenvalue weighted by atomic mass is 9.53. The minimum atomic E-state index is -0.858. The SMILES string of the molecule is COC1=CC(=O)[C@]2(C1)[C@@H](Cl)C[C@]13C(OC)=C(OC)C(=O)C[C@]21CCN3C. The zero-order valence-electron chi connectivity index (χ0n) is 15.6. The smallest absolute Gasteiger partial charge is 0.201 e. The number of ether oxygens (including phenoxy) is 3. The third-order valence-electron chi connectivity index (χ3n) is 7.33. The minimum Gasteiger partial charge on any atom is -0.501 e. The lowest BCUT2D eigenvalue weighted by molar-refractivity contribution is -0.139. The van der Waals surface area contributed by atoms with Crippen molar-refractivity contribution in [2.75, 3.05) is 34.9 Å². The van der Waals surface area contributed by atoms with Crippen molar-refractivity contribution in [2.45, 2.75) is 36.6 Å². The molecule has 0 unspecified atom stereocenters. The van der Waals surface area contributed by atoms with Gasteiger partial charge in [-0.15, -0.1) is 11.6 Å². The van der Waals surface area contributed by atoms with Crippen molar-refractivity contribution >= 4 is 23.2 Å². The summed E-state index contributed by atoms with van der Waals surface area (Å²) in [6.07, 6.45) is 3.46. The van der Waals surface area contributed by atoms with E-state index in [4.69, 9.17) is 25.8 Å². The number of carbonyl (C=O) groups is 2. The Bertz CT molecular complexity index is 761. The van der Waals surface area contributed by atoms with Crippen LogP contribution in [-0.2, 0) is 23.8 Å². The predicted octanol–water partition coefficient (Wildman–Crippen LogP) is 2.02. The summed E-state index contributed by atoms with van der Waals surface area (Å²) in [4.78, 5) is 28.5. The largest absolute Gasteiger partial charge is 0.501 e. The molecule has 1 heterocycles. The lowest BCUT2D eigenvalue weighted by Gasteiger charge is -2.52. The topological polar surface area (TPSA) is 65.1 Å². The van der Waals surface area contributed by atoms with E-state index in [9.17, 15) is 9.59 Å². The fourth-order valence-electron chi connectivity index (χ4n) is 6.30. The van der Waals surface area contributed by atoms with Gasteiger partial charge in [0.25, 0.3) is 0 Å². The quantitative estimate of drug-likeness (QED) is 0.697. The third-order valence-corrected chi connectivity index (χ3v) is 7.86. The highest BCUT2D eigenvalue weighted by Gasteiger charge is 2.81.